The average molecular weight is 314 g/mol. The lowest BCUT2D eigenvalue weighted by molar-refractivity contribution is -0.117. The summed E-state index contributed by atoms with van der Waals surface area (Å²) in [5.74, 6) is -0.0172. The van der Waals surface area contributed by atoms with Crippen molar-refractivity contribution >= 4 is 11.6 Å². The van der Waals surface area contributed by atoms with Crippen LogP contribution in [0.25, 0.3) is 0 Å². The smallest absolute Gasteiger partial charge is 0.238 e. The summed E-state index contributed by atoms with van der Waals surface area (Å²) in [5.41, 5.74) is 6.39. The van der Waals surface area contributed by atoms with Gasteiger partial charge in [-0.05, 0) is 45.9 Å². The first-order valence-electron chi connectivity index (χ1n) is 7.82. The molecule has 2 rings (SSSR count). The predicted octanol–water partition coefficient (Wildman–Crippen LogP) is 2.72. The Labute approximate surface area is 138 Å². The number of hydrogen-bond donors (Lipinski definition) is 1. The SMILES string of the molecule is Cc1ccc(CN(C)CC(=O)Nc2c(C)nn(C)c2C)c(C)c1. The summed E-state index contributed by atoms with van der Waals surface area (Å²) in [6, 6.07) is 6.42. The van der Waals surface area contributed by atoms with Crippen molar-refractivity contribution in [3.8, 4) is 0 Å². The van der Waals surface area contributed by atoms with Gasteiger partial charge in [0.15, 0.2) is 0 Å². The van der Waals surface area contributed by atoms with Crippen LogP contribution in [0, 0.1) is 27.7 Å². The molecule has 5 heteroatoms. The first-order chi connectivity index (χ1) is 10.8. The van der Waals surface area contributed by atoms with E-state index < -0.39 is 0 Å². The van der Waals surface area contributed by atoms with Crippen LogP contribution < -0.4 is 5.32 Å². The van der Waals surface area contributed by atoms with E-state index in [1.54, 1.807) is 4.68 Å². The van der Waals surface area contributed by atoms with E-state index >= 15 is 0 Å². The Morgan fingerprint density at radius 3 is 2.52 bits per heavy atom. The van der Waals surface area contributed by atoms with E-state index in [-0.39, 0.29) is 5.91 Å². The van der Waals surface area contributed by atoms with Crippen LogP contribution in [0.2, 0.25) is 0 Å². The molecule has 23 heavy (non-hydrogen) atoms. The van der Waals surface area contributed by atoms with E-state index in [1.165, 1.54) is 16.7 Å². The second-order valence-corrected chi connectivity index (χ2v) is 6.32. The molecule has 0 aliphatic rings. The van der Waals surface area contributed by atoms with Crippen LogP contribution in [0.3, 0.4) is 0 Å². The van der Waals surface area contributed by atoms with Gasteiger partial charge in [0.05, 0.1) is 23.6 Å². The molecule has 1 N–H and O–H groups in total. The monoisotopic (exact) mass is 314 g/mol. The van der Waals surface area contributed by atoms with E-state index in [1.807, 2.05) is 32.8 Å². The standard InChI is InChI=1S/C18H26N4O/c1-12-7-8-16(13(2)9-12)10-21(5)11-17(23)19-18-14(3)20-22(6)15(18)4/h7-9H,10-11H2,1-6H3,(H,19,23). The van der Waals surface area contributed by atoms with Crippen LogP contribution in [0.1, 0.15) is 28.1 Å². The third-order valence-electron chi connectivity index (χ3n) is 4.13. The molecular weight excluding hydrogens is 288 g/mol. The van der Waals surface area contributed by atoms with Gasteiger partial charge in [0.2, 0.25) is 5.91 Å². The highest BCUT2D eigenvalue weighted by molar-refractivity contribution is 5.93. The fourth-order valence-corrected chi connectivity index (χ4v) is 2.75. The zero-order valence-electron chi connectivity index (χ0n) is 14.9. The molecule has 5 nitrogen and oxygen atoms in total. The maximum atomic E-state index is 12.3. The van der Waals surface area contributed by atoms with Gasteiger partial charge in [-0.1, -0.05) is 23.8 Å². The number of rotatable bonds is 5. The number of carbonyl (C=O) groups excluding carboxylic acids is 1. The molecule has 0 atom stereocenters. The molecule has 0 aliphatic carbocycles. The summed E-state index contributed by atoms with van der Waals surface area (Å²) in [4.78, 5) is 14.3. The number of nitrogens with one attached hydrogen (secondary N) is 1. The van der Waals surface area contributed by atoms with E-state index in [2.05, 4.69) is 42.5 Å². The topological polar surface area (TPSA) is 50.2 Å². The number of amides is 1. The number of hydrogen-bond acceptors (Lipinski definition) is 3. The Bertz CT molecular complexity index is 718. The first-order valence-corrected chi connectivity index (χ1v) is 7.82. The van der Waals surface area contributed by atoms with Crippen LogP contribution in [0.5, 0.6) is 0 Å². The largest absolute Gasteiger partial charge is 0.322 e. The second kappa shape index (κ2) is 6.96. The number of aryl methyl sites for hydroxylation is 4. The van der Waals surface area contributed by atoms with Gasteiger partial charge in [0.25, 0.3) is 0 Å². The molecule has 0 saturated heterocycles. The molecule has 0 fully saturated rings. The van der Waals surface area contributed by atoms with Crippen molar-refractivity contribution in [2.24, 2.45) is 7.05 Å². The lowest BCUT2D eigenvalue weighted by atomic mass is 10.1. The first kappa shape index (κ1) is 17.2. The van der Waals surface area contributed by atoms with Crippen LogP contribution in [0.15, 0.2) is 18.2 Å². The molecule has 0 spiro atoms. The maximum absolute atomic E-state index is 12.3. The minimum Gasteiger partial charge on any atom is -0.322 e. The van der Waals surface area contributed by atoms with Gasteiger partial charge in [0.1, 0.15) is 0 Å². The Morgan fingerprint density at radius 2 is 1.96 bits per heavy atom. The highest BCUT2D eigenvalue weighted by atomic mass is 16.2. The van der Waals surface area contributed by atoms with Gasteiger partial charge in [-0.25, -0.2) is 0 Å². The van der Waals surface area contributed by atoms with Crippen LogP contribution in [0.4, 0.5) is 5.69 Å². The van der Waals surface area contributed by atoms with Gasteiger partial charge in [-0.15, -0.1) is 0 Å². The van der Waals surface area contributed by atoms with Crippen LogP contribution in [-0.2, 0) is 18.4 Å². The van der Waals surface area contributed by atoms with Crippen molar-refractivity contribution in [3.63, 3.8) is 0 Å². The summed E-state index contributed by atoms with van der Waals surface area (Å²) in [5, 5.41) is 7.29. The number of likely N-dealkylation sites (N-methyl/N-ethyl adjacent to an activating group) is 1. The van der Waals surface area contributed by atoms with Gasteiger partial charge < -0.3 is 5.32 Å². The predicted molar refractivity (Wildman–Crippen MR) is 93.6 cm³/mol. The minimum absolute atomic E-state index is 0.0172. The fraction of sp³-hybridized carbons (Fsp3) is 0.444. The van der Waals surface area contributed by atoms with E-state index in [9.17, 15) is 4.79 Å². The molecule has 0 radical (unpaired) electrons. The third kappa shape index (κ3) is 4.20. The number of aromatic nitrogens is 2. The summed E-state index contributed by atoms with van der Waals surface area (Å²) >= 11 is 0. The fourth-order valence-electron chi connectivity index (χ4n) is 2.75. The summed E-state index contributed by atoms with van der Waals surface area (Å²) in [7, 11) is 3.84. The molecular formula is C18H26N4O. The zero-order chi connectivity index (χ0) is 17.1. The normalized spacial score (nSPS) is 11.1. The molecule has 0 bridgehead atoms. The Kier molecular flexibility index (Phi) is 5.21. The van der Waals surface area contributed by atoms with E-state index in [4.69, 9.17) is 0 Å². The van der Waals surface area contributed by atoms with E-state index in [0.717, 1.165) is 23.6 Å². The number of carbonyl (C=O) groups is 1. The summed E-state index contributed by atoms with van der Waals surface area (Å²) in [6.07, 6.45) is 0. The lowest BCUT2D eigenvalue weighted by Gasteiger charge is -2.18. The Morgan fingerprint density at radius 1 is 1.26 bits per heavy atom. The van der Waals surface area contributed by atoms with Gasteiger partial charge in [0, 0.05) is 13.6 Å². The molecule has 0 aliphatic heterocycles. The molecule has 2 aromatic rings. The highest BCUT2D eigenvalue weighted by Crippen LogP contribution is 2.18. The van der Waals surface area contributed by atoms with Crippen molar-refractivity contribution in [2.75, 3.05) is 18.9 Å². The quantitative estimate of drug-likeness (QED) is 0.923. The molecule has 1 aromatic heterocycles. The van der Waals surface area contributed by atoms with Crippen molar-refractivity contribution in [1.29, 1.82) is 0 Å². The zero-order valence-corrected chi connectivity index (χ0v) is 14.9. The molecule has 0 saturated carbocycles. The van der Waals surface area contributed by atoms with Crippen molar-refractivity contribution < 1.29 is 4.79 Å². The maximum Gasteiger partial charge on any atom is 0.238 e. The van der Waals surface area contributed by atoms with Gasteiger partial charge in [-0.3, -0.25) is 14.4 Å². The van der Waals surface area contributed by atoms with Crippen molar-refractivity contribution in [3.05, 3.63) is 46.3 Å². The molecule has 1 heterocycles. The summed E-state index contributed by atoms with van der Waals surface area (Å²) < 4.78 is 1.78. The molecule has 1 amide bonds. The number of nitrogens with zero attached hydrogens (tertiary/aromatic N) is 3. The average Bonchev–Trinajstić information content (AvgIpc) is 2.68. The number of anilines is 1. The molecule has 1 aromatic carbocycles. The minimum atomic E-state index is -0.0172. The Hall–Kier alpha value is -2.14. The molecule has 0 unspecified atom stereocenters. The van der Waals surface area contributed by atoms with Crippen molar-refractivity contribution in [2.45, 2.75) is 34.2 Å². The van der Waals surface area contributed by atoms with Crippen molar-refractivity contribution in [1.82, 2.24) is 14.7 Å². The second-order valence-electron chi connectivity index (χ2n) is 6.32. The van der Waals surface area contributed by atoms with E-state index in [0.29, 0.717) is 6.54 Å². The summed E-state index contributed by atoms with van der Waals surface area (Å²) in [6.45, 7) is 9.16. The third-order valence-corrected chi connectivity index (χ3v) is 4.13. The Balaban J connectivity index is 1.97. The lowest BCUT2D eigenvalue weighted by Crippen LogP contribution is -2.30. The van der Waals surface area contributed by atoms with Crippen LogP contribution >= 0.6 is 0 Å². The highest BCUT2D eigenvalue weighted by Gasteiger charge is 2.14. The molecule has 124 valence electrons. The van der Waals surface area contributed by atoms with Crippen LogP contribution in [-0.4, -0.2) is 34.2 Å². The van der Waals surface area contributed by atoms with Gasteiger partial charge in [-0.2, -0.15) is 5.10 Å². The number of benzene rings is 1. The van der Waals surface area contributed by atoms with Gasteiger partial charge >= 0.3 is 0 Å².